The first-order valence-corrected chi connectivity index (χ1v) is 7.34. The van der Waals surface area contributed by atoms with Gasteiger partial charge in [-0.15, -0.1) is 15.9 Å². The average molecular weight is 394 g/mol. The van der Waals surface area contributed by atoms with Gasteiger partial charge in [0.25, 0.3) is 0 Å². The predicted molar refractivity (Wildman–Crippen MR) is 84.9 cm³/mol. The maximum atomic E-state index is 11.6. The molecule has 3 nitrogen and oxygen atoms in total. The van der Waals surface area contributed by atoms with Gasteiger partial charge in [0.1, 0.15) is 0 Å². The summed E-state index contributed by atoms with van der Waals surface area (Å²) in [7, 11) is 0. The second-order valence-corrected chi connectivity index (χ2v) is 5.70. The zero-order valence-corrected chi connectivity index (χ0v) is 14.8. The van der Waals surface area contributed by atoms with Gasteiger partial charge in [-0.05, 0) is 5.92 Å². The number of nitrogens with one attached hydrogen (secondary N) is 1. The summed E-state index contributed by atoms with van der Waals surface area (Å²) in [5.74, 6) is 0.113. The second-order valence-electron chi connectivity index (χ2n) is 4.78. The van der Waals surface area contributed by atoms with Crippen molar-refractivity contribution < 1.29 is 27.0 Å². The van der Waals surface area contributed by atoms with Gasteiger partial charge in [-0.3, -0.25) is 4.79 Å². The quantitative estimate of drug-likeness (QED) is 0.618. The SMILES string of the molecule is Br[c-]1cccc1.CC(C)C(CO)NC(=O)[c-]1cccc1.[Fe]. The fourth-order valence-corrected chi connectivity index (χ4v) is 1.86. The van der Waals surface area contributed by atoms with E-state index >= 15 is 0 Å². The summed E-state index contributed by atoms with van der Waals surface area (Å²) in [6.45, 7) is 3.91. The van der Waals surface area contributed by atoms with Crippen LogP contribution in [0.4, 0.5) is 0 Å². The van der Waals surface area contributed by atoms with Crippen molar-refractivity contribution in [1.29, 1.82) is 0 Å². The molecule has 0 radical (unpaired) electrons. The largest absolute Gasteiger partial charge is 0.394 e. The smallest absolute Gasteiger partial charge is 0.195 e. The number of aliphatic hydroxyl groups is 1. The number of hydrogen-bond donors (Lipinski definition) is 2. The minimum atomic E-state index is -0.169. The molecule has 2 aromatic rings. The number of aliphatic hydroxyl groups excluding tert-OH is 1. The van der Waals surface area contributed by atoms with E-state index < -0.39 is 0 Å². The van der Waals surface area contributed by atoms with Gasteiger partial charge in [0.05, 0.1) is 12.6 Å². The van der Waals surface area contributed by atoms with Crippen LogP contribution >= 0.6 is 15.9 Å². The molecule has 5 heteroatoms. The molecule has 1 amide bonds. The molecule has 2 rings (SSSR count). The van der Waals surface area contributed by atoms with Crippen molar-refractivity contribution in [3.05, 3.63) is 58.6 Å². The summed E-state index contributed by atoms with van der Waals surface area (Å²) in [5.41, 5.74) is 0.643. The molecule has 21 heavy (non-hydrogen) atoms. The van der Waals surface area contributed by atoms with Crippen molar-refractivity contribution in [1.82, 2.24) is 5.32 Å². The van der Waals surface area contributed by atoms with E-state index in [1.54, 1.807) is 12.1 Å². The average Bonchev–Trinajstić information content (AvgIpc) is 3.08. The van der Waals surface area contributed by atoms with Crippen LogP contribution in [-0.4, -0.2) is 23.7 Å². The molecule has 0 aliphatic rings. The third kappa shape index (κ3) is 7.63. The van der Waals surface area contributed by atoms with E-state index in [1.165, 1.54) is 0 Å². The summed E-state index contributed by atoms with van der Waals surface area (Å²) >= 11 is 3.28. The Kier molecular flexibility index (Phi) is 10.4. The number of halogens is 1. The topological polar surface area (TPSA) is 49.3 Å². The second kappa shape index (κ2) is 10.8. The number of hydrogen-bond acceptors (Lipinski definition) is 2. The number of rotatable bonds is 4. The minimum absolute atomic E-state index is 0. The van der Waals surface area contributed by atoms with Gasteiger partial charge in [-0.1, -0.05) is 23.9 Å². The van der Waals surface area contributed by atoms with Crippen LogP contribution in [0, 0.1) is 5.92 Å². The first kappa shape index (κ1) is 20.1. The van der Waals surface area contributed by atoms with Crippen molar-refractivity contribution in [3.8, 4) is 0 Å². The monoisotopic (exact) mass is 393 g/mol. The van der Waals surface area contributed by atoms with Crippen LogP contribution in [0.3, 0.4) is 0 Å². The molecule has 118 valence electrons. The van der Waals surface area contributed by atoms with Crippen LogP contribution in [0.15, 0.2) is 53.0 Å². The van der Waals surface area contributed by atoms with E-state index in [2.05, 4.69) is 21.2 Å². The molecule has 2 aromatic carbocycles. The van der Waals surface area contributed by atoms with Gasteiger partial charge >= 0.3 is 0 Å². The molecule has 0 bridgehead atoms. The Bertz CT molecular complexity index is 480. The molecule has 0 aromatic heterocycles. The van der Waals surface area contributed by atoms with Crippen molar-refractivity contribution >= 4 is 21.8 Å². The van der Waals surface area contributed by atoms with Crippen molar-refractivity contribution in [2.45, 2.75) is 19.9 Å². The zero-order valence-electron chi connectivity index (χ0n) is 12.1. The van der Waals surface area contributed by atoms with E-state index in [-0.39, 0.29) is 41.5 Å². The minimum Gasteiger partial charge on any atom is -0.394 e. The van der Waals surface area contributed by atoms with Crippen LogP contribution in [0.5, 0.6) is 0 Å². The molecule has 1 unspecified atom stereocenters. The van der Waals surface area contributed by atoms with Gasteiger partial charge < -0.3 is 10.4 Å². The summed E-state index contributed by atoms with van der Waals surface area (Å²) in [6.07, 6.45) is 0. The molecule has 0 aliphatic heterocycles. The Morgan fingerprint density at radius 3 is 1.95 bits per heavy atom. The predicted octanol–water partition coefficient (Wildman–Crippen LogP) is 3.32. The van der Waals surface area contributed by atoms with Crippen molar-refractivity contribution in [3.63, 3.8) is 0 Å². The molecule has 0 saturated carbocycles. The molecular formula is C16H20BrFeNO2-2. The molecule has 0 aliphatic carbocycles. The van der Waals surface area contributed by atoms with Crippen LogP contribution < -0.4 is 5.32 Å². The summed E-state index contributed by atoms with van der Waals surface area (Å²) in [4.78, 5) is 11.6. The third-order valence-corrected chi connectivity index (χ3v) is 3.39. The zero-order chi connectivity index (χ0) is 15.0. The Morgan fingerprint density at radius 2 is 1.62 bits per heavy atom. The van der Waals surface area contributed by atoms with E-state index in [0.29, 0.717) is 5.56 Å². The number of amides is 1. The van der Waals surface area contributed by atoms with Crippen LogP contribution in [0.25, 0.3) is 0 Å². The maximum absolute atomic E-state index is 11.6. The molecule has 0 spiro atoms. The first-order chi connectivity index (χ1) is 9.54. The Balaban J connectivity index is 0.000000480. The van der Waals surface area contributed by atoms with Gasteiger partial charge in [0.2, 0.25) is 0 Å². The maximum Gasteiger partial charge on any atom is 0.195 e. The van der Waals surface area contributed by atoms with Gasteiger partial charge in [-0.25, -0.2) is 24.3 Å². The molecular weight excluding hydrogens is 374 g/mol. The third-order valence-electron chi connectivity index (χ3n) is 2.86. The van der Waals surface area contributed by atoms with Crippen molar-refractivity contribution in [2.24, 2.45) is 5.92 Å². The molecule has 1 atom stereocenters. The van der Waals surface area contributed by atoms with E-state index in [4.69, 9.17) is 5.11 Å². The summed E-state index contributed by atoms with van der Waals surface area (Å²) in [6, 6.07) is 15.0. The number of carbonyl (C=O) groups excluding carboxylic acids is 1. The van der Waals surface area contributed by atoms with Gasteiger partial charge in [0, 0.05) is 17.1 Å². The molecule has 2 N–H and O–H groups in total. The Hall–Kier alpha value is -0.871. The Morgan fingerprint density at radius 1 is 1.14 bits per heavy atom. The van der Waals surface area contributed by atoms with E-state index in [9.17, 15) is 4.79 Å². The van der Waals surface area contributed by atoms with Crippen molar-refractivity contribution in [2.75, 3.05) is 6.61 Å². The van der Waals surface area contributed by atoms with Gasteiger partial charge in [0.15, 0.2) is 5.91 Å². The van der Waals surface area contributed by atoms with Crippen LogP contribution in [0.2, 0.25) is 0 Å². The van der Waals surface area contributed by atoms with Crippen LogP contribution in [0.1, 0.15) is 24.2 Å². The fraction of sp³-hybridized carbons (Fsp3) is 0.312. The van der Waals surface area contributed by atoms with Crippen LogP contribution in [-0.2, 0) is 17.1 Å². The van der Waals surface area contributed by atoms with Gasteiger partial charge in [-0.2, -0.15) is 24.3 Å². The molecule has 0 fully saturated rings. The number of carbonyl (C=O) groups is 1. The Labute approximate surface area is 145 Å². The molecule has 0 saturated heterocycles. The van der Waals surface area contributed by atoms with E-state index in [1.807, 2.05) is 50.2 Å². The summed E-state index contributed by atoms with van der Waals surface area (Å²) < 4.78 is 1.16. The standard InChI is InChI=1S/C11H16NO2.C5H4Br.Fe/c1-8(2)10(7-13)12-11(14)9-5-3-4-6-9;6-5-3-1-2-4-5;/h3-6,8,10,13H,7H2,1-2H3,(H,12,14);1-4H;/q2*-1;. The molecule has 0 heterocycles. The van der Waals surface area contributed by atoms with E-state index in [0.717, 1.165) is 4.47 Å². The fourth-order valence-electron chi connectivity index (χ4n) is 1.55. The summed E-state index contributed by atoms with van der Waals surface area (Å²) in [5, 5.41) is 11.8. The first-order valence-electron chi connectivity index (χ1n) is 6.55. The normalized spacial score (nSPS) is 11.1.